The van der Waals surface area contributed by atoms with Gasteiger partial charge >= 0.3 is 6.09 Å². The van der Waals surface area contributed by atoms with E-state index in [0.717, 1.165) is 0 Å². The van der Waals surface area contributed by atoms with E-state index < -0.39 is 12.0 Å². The second-order valence-electron chi connectivity index (χ2n) is 1.95. The van der Waals surface area contributed by atoms with Crippen LogP contribution in [0.15, 0.2) is 12.2 Å². The van der Waals surface area contributed by atoms with Gasteiger partial charge in [-0.2, -0.15) is 0 Å². The fraction of sp³-hybridized carbons (Fsp3) is 0.429. The van der Waals surface area contributed by atoms with Crippen molar-refractivity contribution < 1.29 is 14.3 Å². The van der Waals surface area contributed by atoms with Gasteiger partial charge in [-0.1, -0.05) is 6.58 Å². The van der Waals surface area contributed by atoms with E-state index in [2.05, 4.69) is 11.3 Å². The number of nitrogens with one attached hydrogen (secondary N) is 1. The Balaban J connectivity index is 3.76. The van der Waals surface area contributed by atoms with Crippen molar-refractivity contribution in [3.05, 3.63) is 12.2 Å². The van der Waals surface area contributed by atoms with E-state index in [1.807, 2.05) is 5.32 Å². The molecule has 0 heterocycles. The number of amides is 2. The summed E-state index contributed by atoms with van der Waals surface area (Å²) in [6.45, 7) is 6.76. The second-order valence-corrected chi connectivity index (χ2v) is 1.95. The number of hydrogen-bond acceptors (Lipinski definition) is 3. The third-order valence-corrected chi connectivity index (χ3v) is 0.879. The Hall–Kier alpha value is -1.32. The van der Waals surface area contributed by atoms with E-state index >= 15 is 0 Å². The van der Waals surface area contributed by atoms with E-state index in [0.29, 0.717) is 0 Å². The molecule has 0 saturated heterocycles. The van der Waals surface area contributed by atoms with Gasteiger partial charge < -0.3 is 4.74 Å². The molecule has 0 bridgehead atoms. The molecule has 0 aromatic rings. The van der Waals surface area contributed by atoms with Crippen LogP contribution in [-0.4, -0.2) is 18.6 Å². The summed E-state index contributed by atoms with van der Waals surface area (Å²) in [5.41, 5.74) is 0.276. The molecule has 0 aliphatic rings. The smallest absolute Gasteiger partial charge is 0.414 e. The average molecular weight is 157 g/mol. The lowest BCUT2D eigenvalue weighted by atomic mass is 10.3. The van der Waals surface area contributed by atoms with Crippen LogP contribution in [0.25, 0.3) is 0 Å². The van der Waals surface area contributed by atoms with E-state index in [-0.39, 0.29) is 12.2 Å². The standard InChI is InChI=1S/C7H11NO3/c1-4-11-7(10)8-6(9)5(2)3/h2,4H2,1,3H3,(H,8,9,10). The molecule has 0 aromatic heterocycles. The molecule has 0 aromatic carbocycles. The summed E-state index contributed by atoms with van der Waals surface area (Å²) in [7, 11) is 0. The van der Waals surface area contributed by atoms with Gasteiger partial charge in [0.05, 0.1) is 6.61 Å². The van der Waals surface area contributed by atoms with Crippen molar-refractivity contribution in [3.63, 3.8) is 0 Å². The van der Waals surface area contributed by atoms with Gasteiger partial charge in [0, 0.05) is 5.57 Å². The Labute approximate surface area is 65.2 Å². The summed E-state index contributed by atoms with van der Waals surface area (Å²) in [4.78, 5) is 21.3. The number of imide groups is 1. The molecular weight excluding hydrogens is 146 g/mol. The van der Waals surface area contributed by atoms with Crippen molar-refractivity contribution in [3.8, 4) is 0 Å². The first kappa shape index (κ1) is 9.68. The van der Waals surface area contributed by atoms with Crippen molar-refractivity contribution in [2.75, 3.05) is 6.61 Å². The third-order valence-electron chi connectivity index (χ3n) is 0.879. The van der Waals surface area contributed by atoms with Gasteiger partial charge in [-0.15, -0.1) is 0 Å². The zero-order chi connectivity index (χ0) is 8.85. The Kier molecular flexibility index (Phi) is 3.95. The molecule has 4 heteroatoms. The summed E-state index contributed by atoms with van der Waals surface area (Å²) in [5, 5.41) is 1.98. The molecule has 0 atom stereocenters. The summed E-state index contributed by atoms with van der Waals surface area (Å²) < 4.78 is 4.45. The van der Waals surface area contributed by atoms with Gasteiger partial charge in [0.15, 0.2) is 0 Å². The minimum Gasteiger partial charge on any atom is -0.450 e. The lowest BCUT2D eigenvalue weighted by Gasteiger charge is -2.01. The molecule has 11 heavy (non-hydrogen) atoms. The number of alkyl carbamates (subject to hydrolysis) is 1. The lowest BCUT2D eigenvalue weighted by molar-refractivity contribution is -0.116. The predicted molar refractivity (Wildman–Crippen MR) is 40.0 cm³/mol. The van der Waals surface area contributed by atoms with E-state index in [9.17, 15) is 9.59 Å². The van der Waals surface area contributed by atoms with Crippen molar-refractivity contribution in [2.24, 2.45) is 0 Å². The third kappa shape index (κ3) is 4.13. The average Bonchev–Trinajstić information content (AvgIpc) is 1.87. The van der Waals surface area contributed by atoms with E-state index in [1.54, 1.807) is 6.92 Å². The summed E-state index contributed by atoms with van der Waals surface area (Å²) >= 11 is 0. The van der Waals surface area contributed by atoms with Crippen LogP contribution < -0.4 is 5.32 Å². The maximum absolute atomic E-state index is 10.7. The molecule has 4 nitrogen and oxygen atoms in total. The van der Waals surface area contributed by atoms with Crippen LogP contribution in [0.1, 0.15) is 13.8 Å². The van der Waals surface area contributed by atoms with Gasteiger partial charge in [0.1, 0.15) is 0 Å². The second kappa shape index (κ2) is 4.49. The fourth-order valence-corrected chi connectivity index (χ4v) is 0.367. The maximum Gasteiger partial charge on any atom is 0.414 e. The molecule has 0 saturated carbocycles. The van der Waals surface area contributed by atoms with Gasteiger partial charge in [-0.25, -0.2) is 4.79 Å². The Morgan fingerprint density at radius 3 is 2.45 bits per heavy atom. The maximum atomic E-state index is 10.7. The molecular formula is C7H11NO3. The van der Waals surface area contributed by atoms with Crippen molar-refractivity contribution in [2.45, 2.75) is 13.8 Å². The monoisotopic (exact) mass is 157 g/mol. The minimum atomic E-state index is -0.736. The first-order valence-electron chi connectivity index (χ1n) is 3.21. The zero-order valence-corrected chi connectivity index (χ0v) is 6.64. The normalized spacial score (nSPS) is 8.55. The van der Waals surface area contributed by atoms with Gasteiger partial charge in [0.25, 0.3) is 5.91 Å². The van der Waals surface area contributed by atoms with Gasteiger partial charge in [0.2, 0.25) is 0 Å². The summed E-state index contributed by atoms with van der Waals surface area (Å²) in [6.07, 6.45) is -0.736. The van der Waals surface area contributed by atoms with Crippen LogP contribution in [0.4, 0.5) is 4.79 Å². The molecule has 1 N–H and O–H groups in total. The first-order valence-corrected chi connectivity index (χ1v) is 3.21. The number of rotatable bonds is 2. The van der Waals surface area contributed by atoms with Gasteiger partial charge in [-0.05, 0) is 13.8 Å². The van der Waals surface area contributed by atoms with Crippen molar-refractivity contribution in [1.82, 2.24) is 5.32 Å². The number of hydrogen-bond donors (Lipinski definition) is 1. The molecule has 0 unspecified atom stereocenters. The van der Waals surface area contributed by atoms with Crippen LogP contribution >= 0.6 is 0 Å². The lowest BCUT2D eigenvalue weighted by Crippen LogP contribution is -2.31. The largest absolute Gasteiger partial charge is 0.450 e. The van der Waals surface area contributed by atoms with Crippen LogP contribution in [0.3, 0.4) is 0 Å². The zero-order valence-electron chi connectivity index (χ0n) is 6.64. The number of ether oxygens (including phenoxy) is 1. The minimum absolute atomic E-state index is 0.245. The molecule has 0 rings (SSSR count). The van der Waals surface area contributed by atoms with E-state index in [4.69, 9.17) is 0 Å². The van der Waals surface area contributed by atoms with Crippen LogP contribution in [-0.2, 0) is 9.53 Å². The van der Waals surface area contributed by atoms with Crippen LogP contribution in [0, 0.1) is 0 Å². The highest BCUT2D eigenvalue weighted by atomic mass is 16.5. The SMILES string of the molecule is C=C(C)C(=O)NC(=O)OCC. The molecule has 62 valence electrons. The van der Waals surface area contributed by atoms with Crippen molar-refractivity contribution >= 4 is 12.0 Å². The Bertz CT molecular complexity index is 186. The predicted octanol–water partition coefficient (Wildman–Crippen LogP) is 0.835. The fourth-order valence-electron chi connectivity index (χ4n) is 0.367. The highest BCUT2D eigenvalue weighted by Crippen LogP contribution is 1.86. The highest BCUT2D eigenvalue weighted by Gasteiger charge is 2.06. The molecule has 0 fully saturated rings. The van der Waals surface area contributed by atoms with Crippen LogP contribution in [0.2, 0.25) is 0 Å². The van der Waals surface area contributed by atoms with Gasteiger partial charge in [-0.3, -0.25) is 10.1 Å². The molecule has 2 amide bonds. The highest BCUT2D eigenvalue weighted by molar-refractivity contribution is 6.01. The first-order chi connectivity index (χ1) is 5.07. The summed E-state index contributed by atoms with van der Waals surface area (Å²) in [6, 6.07) is 0. The Morgan fingerprint density at radius 2 is 2.09 bits per heavy atom. The molecule has 0 radical (unpaired) electrons. The topological polar surface area (TPSA) is 55.4 Å². The molecule has 0 spiro atoms. The van der Waals surface area contributed by atoms with Crippen LogP contribution in [0.5, 0.6) is 0 Å². The number of carbonyl (C=O) groups excluding carboxylic acids is 2. The molecule has 0 aliphatic heterocycles. The van der Waals surface area contributed by atoms with Crippen molar-refractivity contribution in [1.29, 1.82) is 0 Å². The summed E-state index contributed by atoms with van der Waals surface area (Å²) in [5.74, 6) is -0.511. The molecule has 0 aliphatic carbocycles. The number of carbonyl (C=O) groups is 2. The van der Waals surface area contributed by atoms with E-state index in [1.165, 1.54) is 6.92 Å². The Morgan fingerprint density at radius 1 is 1.55 bits per heavy atom. The quantitative estimate of drug-likeness (QED) is 0.604.